The van der Waals surface area contributed by atoms with Crippen LogP contribution < -0.4 is 5.56 Å². The summed E-state index contributed by atoms with van der Waals surface area (Å²) in [4.78, 5) is 16.3. The maximum absolute atomic E-state index is 13.0. The molecule has 0 spiro atoms. The summed E-state index contributed by atoms with van der Waals surface area (Å²) in [6, 6.07) is 6.79. The molecule has 4 nitrogen and oxygen atoms in total. The van der Waals surface area contributed by atoms with E-state index in [0.717, 1.165) is 11.1 Å². The third-order valence-corrected chi connectivity index (χ3v) is 3.63. The summed E-state index contributed by atoms with van der Waals surface area (Å²) in [7, 11) is 0. The van der Waals surface area contributed by atoms with Gasteiger partial charge < -0.3 is 0 Å². The summed E-state index contributed by atoms with van der Waals surface area (Å²) in [5.74, 6) is 0. The van der Waals surface area contributed by atoms with Crippen molar-refractivity contribution in [1.82, 2.24) is 14.8 Å². The molecule has 130 valence electrons. The smallest absolute Gasteiger partial charge is 0.267 e. The van der Waals surface area contributed by atoms with E-state index in [1.54, 1.807) is 24.4 Å². The molecule has 2 heterocycles. The molecule has 0 aliphatic carbocycles. The van der Waals surface area contributed by atoms with Crippen molar-refractivity contribution in [2.45, 2.75) is 33.0 Å². The lowest BCUT2D eigenvalue weighted by molar-refractivity contribution is 0.357. The second-order valence-corrected chi connectivity index (χ2v) is 5.70. The number of aromatic nitrogens is 3. The predicted molar refractivity (Wildman–Crippen MR) is 99.1 cm³/mol. The zero-order chi connectivity index (χ0) is 18.2. The topological polar surface area (TPSA) is 47.8 Å². The van der Waals surface area contributed by atoms with Crippen LogP contribution in [0.15, 0.2) is 71.7 Å². The first-order valence-electron chi connectivity index (χ1n) is 8.15. The van der Waals surface area contributed by atoms with E-state index in [2.05, 4.69) is 16.7 Å². The number of hydrogen-bond acceptors (Lipinski definition) is 3. The van der Waals surface area contributed by atoms with E-state index < -0.39 is 6.17 Å². The SMILES string of the molecule is C=C/C=C\C(=C/C)Cn1nc(-c2ccc(CC(C)F)nc2)ccc1=O. The highest BCUT2D eigenvalue weighted by atomic mass is 19.1. The van der Waals surface area contributed by atoms with Crippen LogP contribution in [-0.2, 0) is 13.0 Å². The first-order valence-corrected chi connectivity index (χ1v) is 8.15. The Kier molecular flexibility index (Phi) is 6.57. The first kappa shape index (κ1) is 18.5. The Morgan fingerprint density at radius 3 is 2.76 bits per heavy atom. The molecular weight excluding hydrogens is 317 g/mol. The van der Waals surface area contributed by atoms with Crippen LogP contribution in [0, 0.1) is 0 Å². The molecule has 0 saturated heterocycles. The molecule has 0 aliphatic heterocycles. The Balaban J connectivity index is 2.27. The van der Waals surface area contributed by atoms with Gasteiger partial charge in [0, 0.05) is 29.9 Å². The Morgan fingerprint density at radius 1 is 1.36 bits per heavy atom. The van der Waals surface area contributed by atoms with Crippen molar-refractivity contribution in [3.63, 3.8) is 0 Å². The summed E-state index contributed by atoms with van der Waals surface area (Å²) in [5.41, 5.74) is 2.91. The van der Waals surface area contributed by atoms with Gasteiger partial charge in [-0.05, 0) is 37.6 Å². The van der Waals surface area contributed by atoms with Gasteiger partial charge in [-0.2, -0.15) is 5.10 Å². The van der Waals surface area contributed by atoms with Crippen molar-refractivity contribution < 1.29 is 4.39 Å². The number of nitrogens with zero attached hydrogens (tertiary/aromatic N) is 3. The average Bonchev–Trinajstić information content (AvgIpc) is 2.60. The average molecular weight is 339 g/mol. The van der Waals surface area contributed by atoms with E-state index in [-0.39, 0.29) is 12.0 Å². The highest BCUT2D eigenvalue weighted by molar-refractivity contribution is 5.56. The molecule has 0 amide bonds. The van der Waals surface area contributed by atoms with Crippen molar-refractivity contribution in [3.8, 4) is 11.3 Å². The fourth-order valence-corrected chi connectivity index (χ4v) is 2.31. The van der Waals surface area contributed by atoms with E-state index in [4.69, 9.17) is 0 Å². The molecule has 1 atom stereocenters. The van der Waals surface area contributed by atoms with Crippen LogP contribution in [0.25, 0.3) is 11.3 Å². The van der Waals surface area contributed by atoms with Gasteiger partial charge in [0.1, 0.15) is 6.17 Å². The lowest BCUT2D eigenvalue weighted by Gasteiger charge is -2.08. The normalized spacial score (nSPS) is 13.2. The monoisotopic (exact) mass is 339 g/mol. The molecule has 0 N–H and O–H groups in total. The number of pyridine rings is 1. The van der Waals surface area contributed by atoms with Crippen LogP contribution in [0.4, 0.5) is 4.39 Å². The number of halogens is 1. The fourth-order valence-electron chi connectivity index (χ4n) is 2.31. The van der Waals surface area contributed by atoms with Crippen LogP contribution in [-0.4, -0.2) is 20.9 Å². The van der Waals surface area contributed by atoms with E-state index in [1.165, 1.54) is 17.7 Å². The molecule has 2 rings (SSSR count). The molecule has 0 aliphatic rings. The molecule has 0 bridgehead atoms. The summed E-state index contributed by atoms with van der Waals surface area (Å²) in [6.45, 7) is 7.43. The largest absolute Gasteiger partial charge is 0.268 e. The lowest BCUT2D eigenvalue weighted by Crippen LogP contribution is -2.23. The van der Waals surface area contributed by atoms with Gasteiger partial charge in [-0.3, -0.25) is 9.78 Å². The van der Waals surface area contributed by atoms with E-state index in [0.29, 0.717) is 17.9 Å². The van der Waals surface area contributed by atoms with Gasteiger partial charge in [-0.25, -0.2) is 9.07 Å². The summed E-state index contributed by atoms with van der Waals surface area (Å²) in [6.07, 6.45) is 8.33. The molecule has 5 heteroatoms. The summed E-state index contributed by atoms with van der Waals surface area (Å²) < 4.78 is 14.5. The maximum atomic E-state index is 13.0. The van der Waals surface area contributed by atoms with Gasteiger partial charge in [0.25, 0.3) is 5.56 Å². The van der Waals surface area contributed by atoms with Gasteiger partial charge in [0.2, 0.25) is 0 Å². The predicted octanol–water partition coefficient (Wildman–Crippen LogP) is 3.89. The first-order chi connectivity index (χ1) is 12.0. The van der Waals surface area contributed by atoms with Crippen LogP contribution in [0.5, 0.6) is 0 Å². The summed E-state index contributed by atoms with van der Waals surface area (Å²) >= 11 is 0. The van der Waals surface area contributed by atoms with Gasteiger partial charge in [0.05, 0.1) is 12.2 Å². The third-order valence-electron chi connectivity index (χ3n) is 3.63. The second kappa shape index (κ2) is 8.87. The van der Waals surface area contributed by atoms with Gasteiger partial charge in [-0.15, -0.1) is 0 Å². The van der Waals surface area contributed by atoms with E-state index in [9.17, 15) is 9.18 Å². The second-order valence-electron chi connectivity index (χ2n) is 5.70. The lowest BCUT2D eigenvalue weighted by atomic mass is 10.1. The van der Waals surface area contributed by atoms with Crippen molar-refractivity contribution in [3.05, 3.63) is 83.0 Å². The fraction of sp³-hybridized carbons (Fsp3) is 0.250. The molecule has 0 radical (unpaired) electrons. The Labute approximate surface area is 147 Å². The van der Waals surface area contributed by atoms with Crippen LogP contribution in [0.2, 0.25) is 0 Å². The van der Waals surface area contributed by atoms with Gasteiger partial charge in [0.15, 0.2) is 0 Å². The molecule has 25 heavy (non-hydrogen) atoms. The van der Waals surface area contributed by atoms with Crippen molar-refractivity contribution in [2.75, 3.05) is 0 Å². The molecule has 0 saturated carbocycles. The minimum atomic E-state index is -0.929. The molecule has 2 aromatic heterocycles. The molecule has 2 aromatic rings. The maximum Gasteiger partial charge on any atom is 0.267 e. The van der Waals surface area contributed by atoms with Crippen molar-refractivity contribution in [1.29, 1.82) is 0 Å². The zero-order valence-electron chi connectivity index (χ0n) is 14.5. The number of hydrogen-bond donors (Lipinski definition) is 0. The van der Waals surface area contributed by atoms with Crippen LogP contribution >= 0.6 is 0 Å². The van der Waals surface area contributed by atoms with Gasteiger partial charge in [-0.1, -0.05) is 30.9 Å². The molecule has 1 unspecified atom stereocenters. The Bertz CT molecular complexity index is 833. The standard InChI is InChI=1S/C20H22FN3O/c1-4-6-7-16(5-2)14-24-20(25)11-10-19(23-24)17-8-9-18(22-13-17)12-15(3)21/h4-11,13,15H,1,12,14H2,2-3H3/b7-6-,16-5+. The summed E-state index contributed by atoms with van der Waals surface area (Å²) in [5, 5.41) is 4.42. The van der Waals surface area contributed by atoms with E-state index in [1.807, 2.05) is 31.2 Å². The molecular formula is C20H22FN3O. The number of rotatable bonds is 7. The van der Waals surface area contributed by atoms with Crippen LogP contribution in [0.1, 0.15) is 19.5 Å². The Hall–Kier alpha value is -2.82. The minimum Gasteiger partial charge on any atom is -0.268 e. The highest BCUT2D eigenvalue weighted by Crippen LogP contribution is 2.15. The molecule has 0 aromatic carbocycles. The third kappa shape index (κ3) is 5.35. The quantitative estimate of drug-likeness (QED) is 0.719. The molecule has 0 fully saturated rings. The zero-order valence-corrected chi connectivity index (χ0v) is 14.5. The minimum absolute atomic E-state index is 0.175. The van der Waals surface area contributed by atoms with E-state index >= 15 is 0 Å². The number of allylic oxidation sites excluding steroid dienone is 5. The highest BCUT2D eigenvalue weighted by Gasteiger charge is 2.07. The Morgan fingerprint density at radius 2 is 2.16 bits per heavy atom. The van der Waals surface area contributed by atoms with Crippen LogP contribution in [0.3, 0.4) is 0 Å². The van der Waals surface area contributed by atoms with Crippen molar-refractivity contribution >= 4 is 0 Å². The van der Waals surface area contributed by atoms with Crippen molar-refractivity contribution in [2.24, 2.45) is 0 Å². The number of alkyl halides is 1. The van der Waals surface area contributed by atoms with Gasteiger partial charge >= 0.3 is 0 Å².